The van der Waals surface area contributed by atoms with Crippen LogP contribution in [0.15, 0.2) is 6.07 Å². The average Bonchev–Trinajstić information content (AvgIpc) is 2.60. The summed E-state index contributed by atoms with van der Waals surface area (Å²) in [5, 5.41) is 9.16. The first-order chi connectivity index (χ1) is 8.67. The molecule has 108 valence electrons. The van der Waals surface area contributed by atoms with Crippen LogP contribution in [0, 0.1) is 12.8 Å². The number of nitrogens with zero attached hydrogens (tertiary/aromatic N) is 1. The van der Waals surface area contributed by atoms with Crippen LogP contribution in [0.3, 0.4) is 0 Å². The van der Waals surface area contributed by atoms with Crippen LogP contribution in [-0.2, 0) is 14.8 Å². The van der Waals surface area contributed by atoms with Crippen molar-refractivity contribution in [2.45, 2.75) is 33.2 Å². The molecule has 8 heteroatoms. The third-order valence-corrected chi connectivity index (χ3v) is 3.05. The van der Waals surface area contributed by atoms with E-state index in [1.54, 1.807) is 6.07 Å². The summed E-state index contributed by atoms with van der Waals surface area (Å²) in [4.78, 5) is 12.0. The number of rotatable bonds is 6. The van der Waals surface area contributed by atoms with E-state index >= 15 is 0 Å². The van der Waals surface area contributed by atoms with Gasteiger partial charge in [0.05, 0.1) is 6.26 Å². The molecule has 0 saturated heterocycles. The highest BCUT2D eigenvalue weighted by molar-refractivity contribution is 7.88. The lowest BCUT2D eigenvalue weighted by Crippen LogP contribution is -2.44. The van der Waals surface area contributed by atoms with Gasteiger partial charge in [-0.15, -0.1) is 0 Å². The van der Waals surface area contributed by atoms with Gasteiger partial charge in [0.2, 0.25) is 15.9 Å². The smallest absolute Gasteiger partial charge is 0.243 e. The Morgan fingerprint density at radius 1 is 1.47 bits per heavy atom. The van der Waals surface area contributed by atoms with Crippen molar-refractivity contribution < 1.29 is 13.2 Å². The molecule has 1 amide bonds. The lowest BCUT2D eigenvalue weighted by Gasteiger charge is -2.18. The molecule has 1 unspecified atom stereocenters. The van der Waals surface area contributed by atoms with Crippen LogP contribution in [-0.4, -0.2) is 36.8 Å². The number of carbonyl (C=O) groups is 1. The van der Waals surface area contributed by atoms with E-state index in [0.29, 0.717) is 12.2 Å². The van der Waals surface area contributed by atoms with Gasteiger partial charge in [0, 0.05) is 11.8 Å². The zero-order valence-electron chi connectivity index (χ0n) is 11.5. The third kappa shape index (κ3) is 5.84. The fraction of sp³-hybridized carbons (Fsp3) is 0.636. The quantitative estimate of drug-likeness (QED) is 0.713. The van der Waals surface area contributed by atoms with E-state index in [1.165, 1.54) is 0 Å². The van der Waals surface area contributed by atoms with E-state index in [4.69, 9.17) is 0 Å². The van der Waals surface area contributed by atoms with Crippen LogP contribution in [0.5, 0.6) is 0 Å². The molecule has 0 spiro atoms. The molecule has 0 aliphatic carbocycles. The number of aromatic amines is 1. The molecule has 3 N–H and O–H groups in total. The van der Waals surface area contributed by atoms with Crippen molar-refractivity contribution in [1.82, 2.24) is 14.9 Å². The third-order valence-electron chi connectivity index (χ3n) is 2.34. The minimum absolute atomic E-state index is 0.186. The number of aryl methyl sites for hydroxylation is 1. The van der Waals surface area contributed by atoms with E-state index in [-0.39, 0.29) is 5.92 Å². The molecule has 7 nitrogen and oxygen atoms in total. The molecular weight excluding hydrogens is 268 g/mol. The molecule has 0 bridgehead atoms. The fourth-order valence-electron chi connectivity index (χ4n) is 1.63. The molecule has 0 aromatic carbocycles. The highest BCUT2D eigenvalue weighted by Crippen LogP contribution is 2.10. The Hall–Kier alpha value is -1.41. The summed E-state index contributed by atoms with van der Waals surface area (Å²) in [6.07, 6.45) is 1.45. The summed E-state index contributed by atoms with van der Waals surface area (Å²) in [5.74, 6) is 0.156. The van der Waals surface area contributed by atoms with Crippen LogP contribution >= 0.6 is 0 Å². The topological polar surface area (TPSA) is 104 Å². The lowest BCUT2D eigenvalue weighted by molar-refractivity contribution is -0.118. The van der Waals surface area contributed by atoms with Gasteiger partial charge >= 0.3 is 0 Å². The van der Waals surface area contributed by atoms with E-state index in [1.807, 2.05) is 20.8 Å². The minimum Gasteiger partial charge on any atom is -0.308 e. The molecule has 1 rings (SSSR count). The highest BCUT2D eigenvalue weighted by atomic mass is 32.2. The van der Waals surface area contributed by atoms with Gasteiger partial charge in [0.25, 0.3) is 0 Å². The second kappa shape index (κ2) is 6.16. The Bertz CT molecular complexity index is 536. The molecule has 19 heavy (non-hydrogen) atoms. The predicted octanol–water partition coefficient (Wildman–Crippen LogP) is 0.621. The second-order valence-electron chi connectivity index (χ2n) is 5.00. The largest absolute Gasteiger partial charge is 0.308 e. The van der Waals surface area contributed by atoms with Crippen LogP contribution in [0.4, 0.5) is 5.82 Å². The van der Waals surface area contributed by atoms with Crippen molar-refractivity contribution >= 4 is 21.7 Å². The zero-order chi connectivity index (χ0) is 14.6. The maximum atomic E-state index is 12.0. The van der Waals surface area contributed by atoms with Gasteiger partial charge in [0.15, 0.2) is 5.82 Å². The van der Waals surface area contributed by atoms with E-state index < -0.39 is 22.0 Å². The van der Waals surface area contributed by atoms with Gasteiger partial charge in [-0.05, 0) is 19.3 Å². The van der Waals surface area contributed by atoms with Crippen molar-refractivity contribution in [1.29, 1.82) is 0 Å². The average molecular weight is 288 g/mol. The summed E-state index contributed by atoms with van der Waals surface area (Å²) in [6.45, 7) is 5.65. The molecule has 0 radical (unpaired) electrons. The SMILES string of the molecule is Cc1cc(NC(=O)C(CC(C)C)NS(C)(=O)=O)n[nH]1. The highest BCUT2D eigenvalue weighted by Gasteiger charge is 2.23. The van der Waals surface area contributed by atoms with E-state index in [0.717, 1.165) is 11.9 Å². The number of sulfonamides is 1. The Morgan fingerprint density at radius 2 is 2.11 bits per heavy atom. The number of carbonyl (C=O) groups excluding carboxylic acids is 1. The van der Waals surface area contributed by atoms with E-state index in [9.17, 15) is 13.2 Å². The Balaban J connectivity index is 2.76. The van der Waals surface area contributed by atoms with Crippen LogP contribution < -0.4 is 10.0 Å². The van der Waals surface area contributed by atoms with Crippen molar-refractivity contribution in [2.75, 3.05) is 11.6 Å². The summed E-state index contributed by atoms with van der Waals surface area (Å²) in [6, 6.07) is 0.872. The second-order valence-corrected chi connectivity index (χ2v) is 6.78. The number of hydrogen-bond acceptors (Lipinski definition) is 4. The van der Waals surface area contributed by atoms with Crippen LogP contribution in [0.1, 0.15) is 26.0 Å². The molecule has 0 saturated carbocycles. The summed E-state index contributed by atoms with van der Waals surface area (Å²) >= 11 is 0. The van der Waals surface area contributed by atoms with Gasteiger partial charge in [-0.3, -0.25) is 9.89 Å². The fourth-order valence-corrected chi connectivity index (χ4v) is 2.35. The maximum absolute atomic E-state index is 12.0. The zero-order valence-corrected chi connectivity index (χ0v) is 12.3. The first-order valence-corrected chi connectivity index (χ1v) is 7.86. The molecule has 1 aromatic rings. The van der Waals surface area contributed by atoms with Gasteiger partial charge in [-0.1, -0.05) is 13.8 Å². The molecule has 0 aliphatic heterocycles. The Kier molecular flexibility index (Phi) is 5.07. The minimum atomic E-state index is -3.44. The Labute approximate surface area is 113 Å². The first-order valence-electron chi connectivity index (χ1n) is 5.97. The van der Waals surface area contributed by atoms with Crippen molar-refractivity contribution in [2.24, 2.45) is 5.92 Å². The van der Waals surface area contributed by atoms with Crippen LogP contribution in [0.2, 0.25) is 0 Å². The summed E-state index contributed by atoms with van der Waals surface area (Å²) in [5.41, 5.74) is 0.812. The van der Waals surface area contributed by atoms with Gasteiger partial charge < -0.3 is 5.32 Å². The van der Waals surface area contributed by atoms with Gasteiger partial charge in [-0.25, -0.2) is 13.1 Å². The standard InChI is InChI=1S/C11H20N4O3S/c1-7(2)5-9(15-19(4,17)18)11(16)12-10-6-8(3)13-14-10/h6-7,9,15H,5H2,1-4H3,(H2,12,13,14,16). The summed E-state index contributed by atoms with van der Waals surface area (Å²) < 4.78 is 24.9. The number of aromatic nitrogens is 2. The number of nitrogens with one attached hydrogen (secondary N) is 3. The molecule has 0 aliphatic rings. The predicted molar refractivity (Wildman–Crippen MR) is 73.2 cm³/mol. The molecule has 1 heterocycles. The molecule has 1 atom stereocenters. The number of anilines is 1. The van der Waals surface area contributed by atoms with Crippen molar-refractivity contribution in [3.05, 3.63) is 11.8 Å². The van der Waals surface area contributed by atoms with Crippen molar-refractivity contribution in [3.63, 3.8) is 0 Å². The Morgan fingerprint density at radius 3 is 2.53 bits per heavy atom. The van der Waals surface area contributed by atoms with Crippen LogP contribution in [0.25, 0.3) is 0 Å². The molecule has 0 fully saturated rings. The number of amides is 1. The summed E-state index contributed by atoms with van der Waals surface area (Å²) in [7, 11) is -3.44. The molecule has 1 aromatic heterocycles. The van der Waals surface area contributed by atoms with E-state index in [2.05, 4.69) is 20.2 Å². The number of H-pyrrole nitrogens is 1. The first kappa shape index (κ1) is 15.6. The maximum Gasteiger partial charge on any atom is 0.243 e. The van der Waals surface area contributed by atoms with Gasteiger partial charge in [0.1, 0.15) is 6.04 Å². The normalized spacial score (nSPS) is 13.5. The molecular formula is C11H20N4O3S. The lowest BCUT2D eigenvalue weighted by atomic mass is 10.0. The van der Waals surface area contributed by atoms with Gasteiger partial charge in [-0.2, -0.15) is 5.10 Å². The van der Waals surface area contributed by atoms with Crippen molar-refractivity contribution in [3.8, 4) is 0 Å². The number of hydrogen-bond donors (Lipinski definition) is 3. The monoisotopic (exact) mass is 288 g/mol.